The van der Waals surface area contributed by atoms with Crippen LogP contribution in [0.25, 0.3) is 17.3 Å². The van der Waals surface area contributed by atoms with Crippen LogP contribution in [0.1, 0.15) is 28.1 Å². The Hall–Kier alpha value is -1.84. The largest absolute Gasteiger partial charge is 0.318 e. The Kier molecular flexibility index (Phi) is 5.69. The van der Waals surface area contributed by atoms with Crippen LogP contribution in [-0.4, -0.2) is 4.57 Å². The van der Waals surface area contributed by atoms with Crippen LogP contribution in [-0.2, 0) is 0 Å². The Balaban J connectivity index is 2.08. The first-order valence-corrected chi connectivity index (χ1v) is 10.1. The summed E-state index contributed by atoms with van der Waals surface area (Å²) >= 11 is 5.89. The molecule has 0 saturated heterocycles. The molecule has 4 heteroatoms. The summed E-state index contributed by atoms with van der Waals surface area (Å²) in [5.74, 6) is 0. The van der Waals surface area contributed by atoms with Crippen LogP contribution in [0.3, 0.4) is 0 Å². The number of rotatable bonds is 3. The summed E-state index contributed by atoms with van der Waals surface area (Å²) in [6.45, 7) is 6.27. The molecule has 0 fully saturated rings. The number of hydrogen-bond donors (Lipinski definition) is 0. The normalized spacial score (nSPS) is 11.5. The summed E-state index contributed by atoms with van der Waals surface area (Å²) in [5, 5.41) is 9.63. The number of aryl methyl sites for hydroxylation is 2. The lowest BCUT2D eigenvalue weighted by atomic mass is 10.0. The van der Waals surface area contributed by atoms with Crippen molar-refractivity contribution in [3.63, 3.8) is 0 Å². The molecule has 26 heavy (non-hydrogen) atoms. The molecule has 1 heterocycles. The second kappa shape index (κ2) is 7.81. The number of nitriles is 1. The van der Waals surface area contributed by atoms with E-state index in [4.69, 9.17) is 0 Å². The van der Waals surface area contributed by atoms with Gasteiger partial charge >= 0.3 is 0 Å². The smallest absolute Gasteiger partial charge is 0.0998 e. The highest BCUT2D eigenvalue weighted by atomic mass is 127. The summed E-state index contributed by atoms with van der Waals surface area (Å²) in [6.07, 6.45) is 1.98. The predicted molar refractivity (Wildman–Crippen MR) is 120 cm³/mol. The van der Waals surface area contributed by atoms with Gasteiger partial charge in [0, 0.05) is 25.1 Å². The predicted octanol–water partition coefficient (Wildman–Crippen LogP) is 6.83. The van der Waals surface area contributed by atoms with E-state index in [0.29, 0.717) is 5.57 Å². The van der Waals surface area contributed by atoms with E-state index in [-0.39, 0.29) is 0 Å². The van der Waals surface area contributed by atoms with Gasteiger partial charge in [-0.2, -0.15) is 5.26 Å². The summed E-state index contributed by atoms with van der Waals surface area (Å²) in [4.78, 5) is 0. The minimum Gasteiger partial charge on any atom is -0.318 e. The Labute approximate surface area is 176 Å². The Morgan fingerprint density at radius 1 is 1.08 bits per heavy atom. The number of allylic oxidation sites excluding steroid dienone is 1. The SMILES string of the molecule is Cc1ccc(-n2c(C)cc(/C=C(/C#N)c3ccc(I)cc3)c2C)cc1Br. The van der Waals surface area contributed by atoms with Crippen LogP contribution in [0.2, 0.25) is 0 Å². The molecule has 2 aromatic carbocycles. The maximum atomic E-state index is 9.63. The van der Waals surface area contributed by atoms with Gasteiger partial charge in [0.05, 0.1) is 11.6 Å². The van der Waals surface area contributed by atoms with E-state index in [1.807, 2.05) is 30.3 Å². The van der Waals surface area contributed by atoms with Crippen LogP contribution in [0.15, 0.2) is 53.0 Å². The summed E-state index contributed by atoms with van der Waals surface area (Å²) in [7, 11) is 0. The van der Waals surface area contributed by atoms with Gasteiger partial charge in [-0.3, -0.25) is 0 Å². The highest BCUT2D eigenvalue weighted by molar-refractivity contribution is 14.1. The van der Waals surface area contributed by atoms with Crippen LogP contribution in [0, 0.1) is 35.7 Å². The van der Waals surface area contributed by atoms with E-state index in [2.05, 4.69) is 94.2 Å². The molecule has 1 aromatic heterocycles. The van der Waals surface area contributed by atoms with Gasteiger partial charge in [0.25, 0.3) is 0 Å². The van der Waals surface area contributed by atoms with Crippen molar-refractivity contribution in [1.82, 2.24) is 4.57 Å². The first kappa shape index (κ1) is 18.9. The zero-order valence-corrected chi connectivity index (χ0v) is 18.6. The van der Waals surface area contributed by atoms with Gasteiger partial charge < -0.3 is 4.57 Å². The molecule has 0 spiro atoms. The molecule has 130 valence electrons. The summed E-state index contributed by atoms with van der Waals surface area (Å²) in [6, 6.07) is 18.9. The van der Waals surface area contributed by atoms with Crippen molar-refractivity contribution in [3.8, 4) is 11.8 Å². The standard InChI is InChI=1S/C22H18BrIN2/c1-14-4-9-21(12-22(14)23)26-15(2)10-18(16(26)3)11-19(13-25)17-5-7-20(24)8-6-17/h4-12H,1-3H3/b19-11-. The van der Waals surface area contributed by atoms with Crippen molar-refractivity contribution in [2.45, 2.75) is 20.8 Å². The van der Waals surface area contributed by atoms with Crippen LogP contribution in [0.5, 0.6) is 0 Å². The van der Waals surface area contributed by atoms with Crippen molar-refractivity contribution in [1.29, 1.82) is 5.26 Å². The van der Waals surface area contributed by atoms with Gasteiger partial charge in [0.2, 0.25) is 0 Å². The maximum absolute atomic E-state index is 9.63. The van der Waals surface area contributed by atoms with E-state index in [1.165, 1.54) is 5.56 Å². The fraction of sp³-hybridized carbons (Fsp3) is 0.136. The van der Waals surface area contributed by atoms with Crippen LogP contribution >= 0.6 is 38.5 Å². The summed E-state index contributed by atoms with van der Waals surface area (Å²) in [5.41, 5.74) is 7.27. The zero-order chi connectivity index (χ0) is 18.8. The molecule has 3 rings (SSSR count). The van der Waals surface area contributed by atoms with Gasteiger partial charge in [-0.25, -0.2) is 0 Å². The lowest BCUT2D eigenvalue weighted by molar-refractivity contribution is 0.962. The number of halogens is 2. The monoisotopic (exact) mass is 516 g/mol. The molecule has 0 aliphatic rings. The second-order valence-electron chi connectivity index (χ2n) is 6.27. The highest BCUT2D eigenvalue weighted by Gasteiger charge is 2.11. The molecule has 0 amide bonds. The van der Waals surface area contributed by atoms with Gasteiger partial charge in [-0.05, 0) is 96.5 Å². The van der Waals surface area contributed by atoms with E-state index in [9.17, 15) is 5.26 Å². The van der Waals surface area contributed by atoms with Crippen LogP contribution in [0.4, 0.5) is 0 Å². The highest BCUT2D eigenvalue weighted by Crippen LogP contribution is 2.27. The quantitative estimate of drug-likeness (QED) is 0.277. The number of benzene rings is 2. The minimum absolute atomic E-state index is 0.673. The van der Waals surface area contributed by atoms with E-state index >= 15 is 0 Å². The van der Waals surface area contributed by atoms with Gasteiger partial charge in [-0.15, -0.1) is 0 Å². The Bertz CT molecular complexity index is 1040. The topological polar surface area (TPSA) is 28.7 Å². The van der Waals surface area contributed by atoms with Gasteiger partial charge in [0.15, 0.2) is 0 Å². The Morgan fingerprint density at radius 3 is 2.38 bits per heavy atom. The third kappa shape index (κ3) is 3.79. The molecule has 0 atom stereocenters. The first-order valence-electron chi connectivity index (χ1n) is 8.24. The molecule has 0 radical (unpaired) electrons. The molecular weight excluding hydrogens is 499 g/mol. The van der Waals surface area contributed by atoms with Crippen molar-refractivity contribution in [3.05, 3.63) is 84.7 Å². The molecular formula is C22H18BrIN2. The molecule has 0 unspecified atom stereocenters. The molecule has 0 N–H and O–H groups in total. The molecule has 0 saturated carbocycles. The third-order valence-corrected chi connectivity index (χ3v) is 6.03. The number of hydrogen-bond acceptors (Lipinski definition) is 1. The zero-order valence-electron chi connectivity index (χ0n) is 14.8. The van der Waals surface area contributed by atoms with Gasteiger partial charge in [-0.1, -0.05) is 34.1 Å². The number of nitrogens with zero attached hydrogens (tertiary/aromatic N) is 2. The molecule has 3 aromatic rings. The Morgan fingerprint density at radius 2 is 1.77 bits per heavy atom. The lowest BCUT2D eigenvalue weighted by Crippen LogP contribution is -1.99. The fourth-order valence-electron chi connectivity index (χ4n) is 3.02. The van der Waals surface area contributed by atoms with Crippen LogP contribution < -0.4 is 0 Å². The van der Waals surface area contributed by atoms with Crippen molar-refractivity contribution >= 4 is 50.2 Å². The number of aromatic nitrogens is 1. The second-order valence-corrected chi connectivity index (χ2v) is 8.37. The molecule has 2 nitrogen and oxygen atoms in total. The third-order valence-electron chi connectivity index (χ3n) is 4.46. The average Bonchev–Trinajstić information content (AvgIpc) is 2.90. The first-order chi connectivity index (χ1) is 12.4. The van der Waals surface area contributed by atoms with Gasteiger partial charge in [0.1, 0.15) is 0 Å². The van der Waals surface area contributed by atoms with Crippen molar-refractivity contribution in [2.24, 2.45) is 0 Å². The van der Waals surface area contributed by atoms with E-state index < -0.39 is 0 Å². The average molecular weight is 517 g/mol. The summed E-state index contributed by atoms with van der Waals surface area (Å²) < 4.78 is 4.47. The lowest BCUT2D eigenvalue weighted by Gasteiger charge is -2.11. The fourth-order valence-corrected chi connectivity index (χ4v) is 3.74. The van der Waals surface area contributed by atoms with Crippen molar-refractivity contribution in [2.75, 3.05) is 0 Å². The molecule has 0 aliphatic carbocycles. The minimum atomic E-state index is 0.673. The maximum Gasteiger partial charge on any atom is 0.0998 e. The van der Waals surface area contributed by atoms with E-state index in [0.717, 1.165) is 36.2 Å². The van der Waals surface area contributed by atoms with Crippen molar-refractivity contribution < 1.29 is 0 Å². The molecule has 0 aliphatic heterocycles. The van der Waals surface area contributed by atoms with E-state index in [1.54, 1.807) is 0 Å². The molecule has 0 bridgehead atoms.